The van der Waals surface area contributed by atoms with Gasteiger partial charge in [0.15, 0.2) is 0 Å². The van der Waals surface area contributed by atoms with Gasteiger partial charge in [-0.2, -0.15) is 5.10 Å². The molecule has 0 aliphatic heterocycles. The molecular formula is C22H17N3O2. The Hall–Kier alpha value is -3.73. The van der Waals surface area contributed by atoms with Crippen LogP contribution in [0, 0.1) is 0 Å². The van der Waals surface area contributed by atoms with E-state index >= 15 is 0 Å². The molecule has 1 heterocycles. The Morgan fingerprint density at radius 1 is 0.889 bits per heavy atom. The molecule has 1 aromatic heterocycles. The fraction of sp³-hybridized carbons (Fsp3) is 0.0455. The van der Waals surface area contributed by atoms with Crippen LogP contribution < -0.4 is 10.7 Å². The van der Waals surface area contributed by atoms with Crippen molar-refractivity contribution in [1.82, 2.24) is 9.78 Å². The largest absolute Gasteiger partial charge is 0.324 e. The number of hydrogen-bond donors (Lipinski definition) is 1. The zero-order chi connectivity index (χ0) is 18.6. The molecule has 5 nitrogen and oxygen atoms in total. The first-order chi connectivity index (χ1) is 13.2. The highest BCUT2D eigenvalue weighted by Gasteiger charge is 2.11. The van der Waals surface area contributed by atoms with Gasteiger partial charge in [0.25, 0.3) is 0 Å². The molecule has 0 saturated carbocycles. The van der Waals surface area contributed by atoms with Crippen LogP contribution in [0.2, 0.25) is 0 Å². The minimum atomic E-state index is -0.209. The molecule has 1 N–H and O–H groups in total. The highest BCUT2D eigenvalue weighted by atomic mass is 16.2. The van der Waals surface area contributed by atoms with Gasteiger partial charge in [-0.05, 0) is 23.8 Å². The number of nitrogens with zero attached hydrogens (tertiary/aromatic N) is 2. The molecule has 132 valence electrons. The van der Waals surface area contributed by atoms with Gasteiger partial charge in [0.05, 0.1) is 11.7 Å². The second-order valence-corrected chi connectivity index (χ2v) is 6.14. The summed E-state index contributed by atoms with van der Waals surface area (Å²) in [4.78, 5) is 24.6. The van der Waals surface area contributed by atoms with Crippen molar-refractivity contribution < 1.29 is 4.79 Å². The summed E-state index contributed by atoms with van der Waals surface area (Å²) in [5, 5.41) is 7.62. The van der Waals surface area contributed by atoms with E-state index in [0.717, 1.165) is 16.8 Å². The molecule has 4 aromatic rings. The normalized spacial score (nSPS) is 10.7. The van der Waals surface area contributed by atoms with E-state index in [1.165, 1.54) is 10.9 Å². The van der Waals surface area contributed by atoms with E-state index in [1.54, 1.807) is 18.2 Å². The van der Waals surface area contributed by atoms with Gasteiger partial charge >= 0.3 is 0 Å². The summed E-state index contributed by atoms with van der Waals surface area (Å²) in [6.45, 7) is 0.0178. The van der Waals surface area contributed by atoms with Gasteiger partial charge in [0.2, 0.25) is 11.3 Å². The molecule has 4 rings (SSSR count). The molecule has 0 aliphatic rings. The van der Waals surface area contributed by atoms with Crippen LogP contribution in [-0.2, 0) is 11.3 Å². The zero-order valence-electron chi connectivity index (χ0n) is 14.5. The van der Waals surface area contributed by atoms with Gasteiger partial charge in [-0.1, -0.05) is 60.7 Å². The Kier molecular flexibility index (Phi) is 4.49. The van der Waals surface area contributed by atoms with Crippen LogP contribution in [0.15, 0.2) is 89.9 Å². The van der Waals surface area contributed by atoms with Crippen LogP contribution in [0.4, 0.5) is 5.69 Å². The molecule has 0 fully saturated rings. The molecule has 0 atom stereocenters. The molecule has 0 unspecified atom stereocenters. The number of rotatable bonds is 4. The molecule has 0 spiro atoms. The first kappa shape index (κ1) is 16.7. The Morgan fingerprint density at radius 3 is 2.44 bits per heavy atom. The number of amides is 1. The van der Waals surface area contributed by atoms with Crippen molar-refractivity contribution in [3.05, 3.63) is 95.3 Å². The highest BCUT2D eigenvalue weighted by Crippen LogP contribution is 2.27. The minimum absolute atomic E-state index is 0.0178. The van der Waals surface area contributed by atoms with E-state index in [9.17, 15) is 9.59 Å². The summed E-state index contributed by atoms with van der Waals surface area (Å²) in [6.07, 6.45) is 1.24. The van der Waals surface area contributed by atoms with Crippen molar-refractivity contribution in [2.75, 3.05) is 5.32 Å². The van der Waals surface area contributed by atoms with E-state index < -0.39 is 0 Å². The molecule has 0 bridgehead atoms. The fourth-order valence-electron chi connectivity index (χ4n) is 3.07. The monoisotopic (exact) mass is 355 g/mol. The quantitative estimate of drug-likeness (QED) is 0.607. The molecule has 0 saturated heterocycles. The van der Waals surface area contributed by atoms with Crippen LogP contribution >= 0.6 is 0 Å². The molecule has 27 heavy (non-hydrogen) atoms. The highest BCUT2D eigenvalue weighted by molar-refractivity contribution is 5.95. The zero-order valence-corrected chi connectivity index (χ0v) is 14.5. The lowest BCUT2D eigenvalue weighted by Gasteiger charge is -2.13. The van der Waals surface area contributed by atoms with E-state index in [1.807, 2.05) is 60.7 Å². The standard InChI is InChI=1S/C22H17N3O2/c26-21-14-23-25(20-13-7-5-11-18(20)21)15-22(27)24-19-12-6-4-10-17(19)16-8-2-1-3-9-16/h1-14H,15H2,(H,24,27). The topological polar surface area (TPSA) is 64.0 Å². The Labute approximate surface area is 155 Å². The van der Waals surface area contributed by atoms with Crippen LogP contribution in [0.25, 0.3) is 22.0 Å². The van der Waals surface area contributed by atoms with Gasteiger partial charge in [-0.3, -0.25) is 14.3 Å². The lowest BCUT2D eigenvalue weighted by Crippen LogP contribution is -2.22. The smallest absolute Gasteiger partial charge is 0.246 e. The molecule has 0 radical (unpaired) electrons. The number of hydrogen-bond acceptors (Lipinski definition) is 3. The van der Waals surface area contributed by atoms with Crippen LogP contribution in [0.5, 0.6) is 0 Å². The number of fused-ring (bicyclic) bond motifs is 1. The number of para-hydroxylation sites is 2. The number of nitrogens with one attached hydrogen (secondary N) is 1. The number of carbonyl (C=O) groups is 1. The van der Waals surface area contributed by atoms with Crippen molar-refractivity contribution in [3.8, 4) is 11.1 Å². The van der Waals surface area contributed by atoms with E-state index in [0.29, 0.717) is 10.9 Å². The third-order valence-electron chi connectivity index (χ3n) is 4.34. The Balaban J connectivity index is 1.62. The van der Waals surface area contributed by atoms with E-state index in [2.05, 4.69) is 10.4 Å². The maximum absolute atomic E-state index is 12.6. The summed E-state index contributed by atoms with van der Waals surface area (Å²) in [5.41, 5.74) is 3.19. The lowest BCUT2D eigenvalue weighted by atomic mass is 10.0. The summed E-state index contributed by atoms with van der Waals surface area (Å²) < 4.78 is 1.54. The summed E-state index contributed by atoms with van der Waals surface area (Å²) in [7, 11) is 0. The van der Waals surface area contributed by atoms with Gasteiger partial charge in [0.1, 0.15) is 6.54 Å². The van der Waals surface area contributed by atoms with Crippen molar-refractivity contribution in [1.29, 1.82) is 0 Å². The predicted octanol–water partition coefficient (Wildman–Crippen LogP) is 3.70. The lowest BCUT2D eigenvalue weighted by molar-refractivity contribution is -0.116. The average molecular weight is 355 g/mol. The molecule has 0 aliphatic carbocycles. The minimum Gasteiger partial charge on any atom is -0.324 e. The van der Waals surface area contributed by atoms with E-state index in [4.69, 9.17) is 0 Å². The number of anilines is 1. The summed E-state index contributed by atoms with van der Waals surface area (Å²) in [5.74, 6) is -0.209. The second kappa shape index (κ2) is 7.25. The predicted molar refractivity (Wildman–Crippen MR) is 107 cm³/mol. The number of aromatic nitrogens is 2. The maximum atomic E-state index is 12.6. The molecule has 3 aromatic carbocycles. The second-order valence-electron chi connectivity index (χ2n) is 6.14. The van der Waals surface area contributed by atoms with Gasteiger partial charge < -0.3 is 5.32 Å². The van der Waals surface area contributed by atoms with Crippen molar-refractivity contribution in [2.24, 2.45) is 0 Å². The first-order valence-corrected chi connectivity index (χ1v) is 8.61. The maximum Gasteiger partial charge on any atom is 0.246 e. The van der Waals surface area contributed by atoms with Crippen LogP contribution in [-0.4, -0.2) is 15.7 Å². The number of carbonyl (C=O) groups excluding carboxylic acids is 1. The molecule has 1 amide bonds. The van der Waals surface area contributed by atoms with Gasteiger partial charge in [-0.15, -0.1) is 0 Å². The van der Waals surface area contributed by atoms with E-state index in [-0.39, 0.29) is 17.9 Å². The fourth-order valence-corrected chi connectivity index (χ4v) is 3.07. The van der Waals surface area contributed by atoms with Gasteiger partial charge in [-0.25, -0.2) is 0 Å². The van der Waals surface area contributed by atoms with Gasteiger partial charge in [0, 0.05) is 16.6 Å². The number of benzene rings is 3. The Morgan fingerprint density at radius 2 is 1.59 bits per heavy atom. The van der Waals surface area contributed by atoms with Crippen LogP contribution in [0.1, 0.15) is 0 Å². The van der Waals surface area contributed by atoms with Crippen molar-refractivity contribution in [3.63, 3.8) is 0 Å². The van der Waals surface area contributed by atoms with Crippen molar-refractivity contribution in [2.45, 2.75) is 6.54 Å². The Bertz CT molecular complexity index is 1170. The molecule has 5 heteroatoms. The first-order valence-electron chi connectivity index (χ1n) is 8.61. The third kappa shape index (κ3) is 3.48. The average Bonchev–Trinajstić information content (AvgIpc) is 2.71. The third-order valence-corrected chi connectivity index (χ3v) is 4.34. The summed E-state index contributed by atoms with van der Waals surface area (Å²) in [6, 6.07) is 24.7. The van der Waals surface area contributed by atoms with Crippen molar-refractivity contribution >= 4 is 22.5 Å². The van der Waals surface area contributed by atoms with Crippen LogP contribution in [0.3, 0.4) is 0 Å². The summed E-state index contributed by atoms with van der Waals surface area (Å²) >= 11 is 0. The molecular weight excluding hydrogens is 338 g/mol. The SMILES string of the molecule is O=C(Cn1ncc(=O)c2ccccc21)Nc1ccccc1-c1ccccc1.